The molecule has 2 fully saturated rings. The van der Waals surface area contributed by atoms with Crippen molar-refractivity contribution in [1.29, 1.82) is 0 Å². The van der Waals surface area contributed by atoms with Gasteiger partial charge in [-0.05, 0) is 49.4 Å². The maximum absolute atomic E-state index is 14.3. The molecule has 2 aliphatic heterocycles. The summed E-state index contributed by atoms with van der Waals surface area (Å²) in [6.07, 6.45) is 3.79. The van der Waals surface area contributed by atoms with Crippen LogP contribution in [-0.2, 0) is 11.3 Å². The Morgan fingerprint density at radius 2 is 1.89 bits per heavy atom. The smallest absolute Gasteiger partial charge is 0.272 e. The number of methoxy groups -OCH3 is 1. The third-order valence-corrected chi connectivity index (χ3v) is 7.50. The number of pyridine rings is 1. The molecular weight excluding hydrogens is 496 g/mol. The first-order chi connectivity index (χ1) is 18.4. The second kappa shape index (κ2) is 9.51. The molecule has 0 saturated carbocycles. The first-order valence-corrected chi connectivity index (χ1v) is 12.4. The molecule has 0 radical (unpaired) electrons. The average Bonchev–Trinajstić information content (AvgIpc) is 3.63. The van der Waals surface area contributed by atoms with Crippen molar-refractivity contribution < 1.29 is 23.1 Å². The highest BCUT2D eigenvalue weighted by Gasteiger charge is 2.45. The number of carbonyl (C=O) groups excluding carboxylic acids is 2. The Hall–Kier alpha value is -4.35. The molecule has 3 atom stereocenters. The molecule has 6 rings (SSSR count). The van der Waals surface area contributed by atoms with Crippen LogP contribution in [0.15, 0.2) is 36.5 Å². The molecule has 3 N–H and O–H groups in total. The molecule has 0 spiro atoms. The van der Waals surface area contributed by atoms with Gasteiger partial charge in [-0.1, -0.05) is 6.07 Å². The molecule has 12 heteroatoms. The molecule has 2 bridgehead atoms. The van der Waals surface area contributed by atoms with Crippen LogP contribution in [0.4, 0.5) is 8.78 Å². The van der Waals surface area contributed by atoms with Crippen molar-refractivity contribution in [2.45, 2.75) is 44.3 Å². The topological polar surface area (TPSA) is 129 Å². The van der Waals surface area contributed by atoms with Crippen LogP contribution >= 0.6 is 0 Å². The van der Waals surface area contributed by atoms with Crippen molar-refractivity contribution in [3.8, 4) is 17.1 Å². The molecule has 38 heavy (non-hydrogen) atoms. The van der Waals surface area contributed by atoms with Gasteiger partial charge >= 0.3 is 0 Å². The number of hydrogen-bond donors (Lipinski definition) is 3. The summed E-state index contributed by atoms with van der Waals surface area (Å²) in [5, 5.41) is 16.4. The zero-order chi connectivity index (χ0) is 26.4. The van der Waals surface area contributed by atoms with Gasteiger partial charge in [-0.3, -0.25) is 19.8 Å². The van der Waals surface area contributed by atoms with Crippen molar-refractivity contribution in [2.24, 2.45) is 5.92 Å². The molecule has 3 aromatic heterocycles. The summed E-state index contributed by atoms with van der Waals surface area (Å²) >= 11 is 0. The minimum atomic E-state index is -0.571. The Kier molecular flexibility index (Phi) is 6.01. The lowest BCUT2D eigenvalue weighted by atomic mass is 9.89. The first kappa shape index (κ1) is 24.0. The quantitative estimate of drug-likeness (QED) is 0.357. The minimum absolute atomic E-state index is 0.0714. The van der Waals surface area contributed by atoms with E-state index in [1.807, 2.05) is 4.90 Å². The number of piperidine rings is 1. The zero-order valence-electron chi connectivity index (χ0n) is 20.5. The van der Waals surface area contributed by atoms with E-state index in [0.29, 0.717) is 23.7 Å². The highest BCUT2D eigenvalue weighted by atomic mass is 19.1. The predicted octanol–water partition coefficient (Wildman–Crippen LogP) is 3.33. The molecule has 1 aromatic carbocycles. The summed E-state index contributed by atoms with van der Waals surface area (Å²) in [4.78, 5) is 32.0. The monoisotopic (exact) mass is 521 g/mol. The molecule has 2 amide bonds. The number of aromatic amines is 2. The van der Waals surface area contributed by atoms with Gasteiger partial charge in [0.05, 0.1) is 29.9 Å². The number of aromatic nitrogens is 5. The SMILES string of the molecule is COc1cc(-c2cc(C(=O)N3C4CC[C@H]3CC(C(=O)NCc3ccc5n[nH]c(F)c5c3)C4)[nH]n2)c(F)cn1. The van der Waals surface area contributed by atoms with E-state index in [9.17, 15) is 18.4 Å². The third-order valence-electron chi connectivity index (χ3n) is 7.50. The zero-order valence-corrected chi connectivity index (χ0v) is 20.5. The molecule has 2 unspecified atom stereocenters. The summed E-state index contributed by atoms with van der Waals surface area (Å²) in [7, 11) is 1.43. The normalized spacial score (nSPS) is 20.6. The molecule has 5 heterocycles. The Balaban J connectivity index is 1.11. The van der Waals surface area contributed by atoms with Gasteiger partial charge in [-0.15, -0.1) is 0 Å². The molecular formula is C26H25F2N7O3. The standard InChI is InChI=1S/C26H25F2N7O3/c1-38-23-9-17(19(27)12-29-23)21-10-22(33-32-21)26(37)35-15-3-4-16(35)8-14(7-15)25(36)30-11-13-2-5-20-18(6-13)24(28)34-31-20/h2,5-6,9-10,12,14-16H,3-4,7-8,11H2,1H3,(H,30,36)(H,31,34)(H,32,33)/t14?,15-,16?/m0/s1. The Morgan fingerprint density at radius 3 is 2.66 bits per heavy atom. The predicted molar refractivity (Wildman–Crippen MR) is 132 cm³/mol. The number of benzene rings is 1. The first-order valence-electron chi connectivity index (χ1n) is 12.4. The second-order valence-corrected chi connectivity index (χ2v) is 9.75. The molecule has 4 aromatic rings. The average molecular weight is 522 g/mol. The lowest BCUT2D eigenvalue weighted by Gasteiger charge is -2.38. The summed E-state index contributed by atoms with van der Waals surface area (Å²) in [6, 6.07) is 8.00. The summed E-state index contributed by atoms with van der Waals surface area (Å²) in [5.41, 5.74) is 2.03. The molecule has 2 aliphatic rings. The van der Waals surface area contributed by atoms with E-state index in [4.69, 9.17) is 4.74 Å². The number of rotatable bonds is 6. The van der Waals surface area contributed by atoms with Crippen molar-refractivity contribution >= 4 is 22.7 Å². The van der Waals surface area contributed by atoms with E-state index in [1.54, 1.807) is 18.2 Å². The van der Waals surface area contributed by atoms with E-state index in [-0.39, 0.29) is 59.2 Å². The maximum atomic E-state index is 14.3. The Bertz CT molecular complexity index is 1520. The highest BCUT2D eigenvalue weighted by Crippen LogP contribution is 2.40. The highest BCUT2D eigenvalue weighted by molar-refractivity contribution is 5.94. The van der Waals surface area contributed by atoms with Gasteiger partial charge in [0.25, 0.3) is 5.91 Å². The van der Waals surface area contributed by atoms with Gasteiger partial charge in [-0.2, -0.15) is 14.6 Å². The number of halogens is 2. The number of nitrogens with one attached hydrogen (secondary N) is 3. The number of amides is 2. The number of nitrogens with zero attached hydrogens (tertiary/aromatic N) is 4. The number of fused-ring (bicyclic) bond motifs is 3. The van der Waals surface area contributed by atoms with Crippen LogP contribution in [0.25, 0.3) is 22.2 Å². The van der Waals surface area contributed by atoms with Crippen LogP contribution in [0.2, 0.25) is 0 Å². The van der Waals surface area contributed by atoms with Crippen LogP contribution in [-0.4, -0.2) is 61.3 Å². The van der Waals surface area contributed by atoms with Crippen LogP contribution in [0.5, 0.6) is 5.88 Å². The van der Waals surface area contributed by atoms with E-state index < -0.39 is 11.8 Å². The van der Waals surface area contributed by atoms with Crippen molar-refractivity contribution in [3.63, 3.8) is 0 Å². The molecule has 0 aliphatic carbocycles. The molecule has 10 nitrogen and oxygen atoms in total. The van der Waals surface area contributed by atoms with Gasteiger partial charge in [0.15, 0.2) is 5.82 Å². The van der Waals surface area contributed by atoms with Crippen LogP contribution in [0.1, 0.15) is 41.7 Å². The molecule has 2 saturated heterocycles. The van der Waals surface area contributed by atoms with Gasteiger partial charge in [0, 0.05) is 36.2 Å². The number of carbonyl (C=O) groups is 2. The van der Waals surface area contributed by atoms with E-state index >= 15 is 0 Å². The Labute approximate surface area is 215 Å². The number of ether oxygens (including phenoxy) is 1. The van der Waals surface area contributed by atoms with Crippen LogP contribution in [0, 0.1) is 17.7 Å². The largest absolute Gasteiger partial charge is 0.481 e. The third kappa shape index (κ3) is 4.25. The second-order valence-electron chi connectivity index (χ2n) is 9.75. The minimum Gasteiger partial charge on any atom is -0.481 e. The maximum Gasteiger partial charge on any atom is 0.272 e. The van der Waals surface area contributed by atoms with Crippen molar-refractivity contribution in [1.82, 2.24) is 35.6 Å². The van der Waals surface area contributed by atoms with Crippen molar-refractivity contribution in [2.75, 3.05) is 7.11 Å². The number of H-pyrrole nitrogens is 2. The fourth-order valence-corrected chi connectivity index (χ4v) is 5.63. The van der Waals surface area contributed by atoms with Crippen LogP contribution < -0.4 is 10.1 Å². The fraction of sp³-hybridized carbons (Fsp3) is 0.346. The van der Waals surface area contributed by atoms with Crippen molar-refractivity contribution in [3.05, 3.63) is 59.6 Å². The lowest BCUT2D eigenvalue weighted by molar-refractivity contribution is -0.127. The number of hydrogen-bond acceptors (Lipinski definition) is 6. The van der Waals surface area contributed by atoms with E-state index in [0.717, 1.165) is 24.6 Å². The summed E-state index contributed by atoms with van der Waals surface area (Å²) in [6.45, 7) is 0.279. The summed E-state index contributed by atoms with van der Waals surface area (Å²) in [5.74, 6) is -1.35. The Morgan fingerprint density at radius 1 is 1.11 bits per heavy atom. The van der Waals surface area contributed by atoms with Gasteiger partial charge in [0.2, 0.25) is 17.7 Å². The lowest BCUT2D eigenvalue weighted by Crippen LogP contribution is -2.49. The van der Waals surface area contributed by atoms with E-state index in [2.05, 4.69) is 30.7 Å². The van der Waals surface area contributed by atoms with E-state index in [1.165, 1.54) is 19.2 Å². The van der Waals surface area contributed by atoms with Crippen LogP contribution in [0.3, 0.4) is 0 Å². The van der Waals surface area contributed by atoms with Gasteiger partial charge in [0.1, 0.15) is 5.69 Å². The molecule has 196 valence electrons. The summed E-state index contributed by atoms with van der Waals surface area (Å²) < 4.78 is 33.2. The van der Waals surface area contributed by atoms with Gasteiger partial charge in [-0.25, -0.2) is 9.37 Å². The fourth-order valence-electron chi connectivity index (χ4n) is 5.63. The van der Waals surface area contributed by atoms with Gasteiger partial charge < -0.3 is 15.0 Å².